The number of aliphatic carboxylic acids is 1. The molecule has 18 heavy (non-hydrogen) atoms. The highest BCUT2D eigenvalue weighted by Crippen LogP contribution is 1.87. The minimum absolute atomic E-state index is 0.0556. The Morgan fingerprint density at radius 1 is 1.56 bits per heavy atom. The third-order valence-corrected chi connectivity index (χ3v) is 1.58. The van der Waals surface area contributed by atoms with E-state index in [0.29, 0.717) is 6.41 Å². The molecule has 1 heterocycles. The van der Waals surface area contributed by atoms with Gasteiger partial charge in [0.15, 0.2) is 0 Å². The zero-order valence-corrected chi connectivity index (χ0v) is 10.1. The van der Waals surface area contributed by atoms with E-state index in [4.69, 9.17) is 5.11 Å². The first-order valence-electron chi connectivity index (χ1n) is 4.95. The van der Waals surface area contributed by atoms with Crippen LogP contribution in [0.25, 0.3) is 0 Å². The van der Waals surface area contributed by atoms with Gasteiger partial charge in [0.1, 0.15) is 6.54 Å². The van der Waals surface area contributed by atoms with E-state index in [9.17, 15) is 14.4 Å². The second kappa shape index (κ2) is 8.67. The average Bonchev–Trinajstić information content (AvgIpc) is 2.71. The van der Waals surface area contributed by atoms with Crippen molar-refractivity contribution in [1.29, 1.82) is 0 Å². The summed E-state index contributed by atoms with van der Waals surface area (Å²) in [5.41, 5.74) is 0.723. The summed E-state index contributed by atoms with van der Waals surface area (Å²) in [6, 6.07) is 0. The number of likely N-dealkylation sites (N-methyl/N-ethyl adjacent to an activating group) is 1. The summed E-state index contributed by atoms with van der Waals surface area (Å²) in [7, 11) is 1.51. The van der Waals surface area contributed by atoms with E-state index in [1.165, 1.54) is 11.7 Å². The fourth-order valence-corrected chi connectivity index (χ4v) is 0.834. The Morgan fingerprint density at radius 2 is 2.22 bits per heavy atom. The minimum Gasteiger partial charge on any atom is -0.480 e. The van der Waals surface area contributed by atoms with Crippen LogP contribution in [0, 0.1) is 6.92 Å². The third kappa shape index (κ3) is 7.79. The van der Waals surface area contributed by atoms with Gasteiger partial charge in [-0.25, -0.2) is 4.68 Å². The lowest BCUT2D eigenvalue weighted by Gasteiger charge is -1.93. The molecule has 0 radical (unpaired) electrons. The molecular formula is C9H15N5O4. The molecule has 0 atom stereocenters. The Balaban J connectivity index is 0.000000331. The van der Waals surface area contributed by atoms with Gasteiger partial charge in [0.2, 0.25) is 12.3 Å². The van der Waals surface area contributed by atoms with Crippen molar-refractivity contribution in [3.8, 4) is 0 Å². The molecule has 0 spiro atoms. The Hall–Kier alpha value is -2.45. The Bertz CT molecular complexity index is 403. The second-order valence-electron chi connectivity index (χ2n) is 3.12. The number of rotatable bonds is 5. The van der Waals surface area contributed by atoms with E-state index in [0.717, 1.165) is 5.69 Å². The molecule has 100 valence electrons. The number of hydrogen-bond acceptors (Lipinski definition) is 5. The lowest BCUT2D eigenvalue weighted by molar-refractivity contribution is -0.138. The van der Waals surface area contributed by atoms with E-state index in [1.54, 1.807) is 13.1 Å². The number of carbonyl (C=O) groups is 3. The van der Waals surface area contributed by atoms with Gasteiger partial charge in [-0.3, -0.25) is 14.4 Å². The fraction of sp³-hybridized carbons (Fsp3) is 0.444. The summed E-state index contributed by atoms with van der Waals surface area (Å²) in [6.45, 7) is 1.69. The summed E-state index contributed by atoms with van der Waals surface area (Å²) in [4.78, 5) is 29.9. The molecule has 0 aliphatic rings. The molecule has 0 aromatic carbocycles. The van der Waals surface area contributed by atoms with Gasteiger partial charge in [0.05, 0.1) is 12.2 Å². The molecule has 9 heteroatoms. The molecule has 0 unspecified atom stereocenters. The molecule has 0 saturated heterocycles. The predicted molar refractivity (Wildman–Crippen MR) is 60.5 cm³/mol. The fourth-order valence-electron chi connectivity index (χ4n) is 0.834. The maximum atomic E-state index is 10.2. The molecular weight excluding hydrogens is 242 g/mol. The van der Waals surface area contributed by atoms with Gasteiger partial charge in [0.25, 0.3) is 0 Å². The molecule has 1 rings (SSSR count). The van der Waals surface area contributed by atoms with Gasteiger partial charge < -0.3 is 15.7 Å². The summed E-state index contributed by atoms with van der Waals surface area (Å²) < 4.78 is 1.28. The zero-order valence-electron chi connectivity index (χ0n) is 10.1. The van der Waals surface area contributed by atoms with Crippen molar-refractivity contribution in [3.05, 3.63) is 11.9 Å². The number of aryl methyl sites for hydroxylation is 1. The number of amides is 2. The van der Waals surface area contributed by atoms with Crippen molar-refractivity contribution >= 4 is 18.3 Å². The van der Waals surface area contributed by atoms with Crippen LogP contribution < -0.4 is 10.6 Å². The topological polar surface area (TPSA) is 126 Å². The average molecular weight is 257 g/mol. The molecule has 0 fully saturated rings. The molecule has 2 amide bonds. The van der Waals surface area contributed by atoms with Crippen molar-refractivity contribution in [3.63, 3.8) is 0 Å². The third-order valence-electron chi connectivity index (χ3n) is 1.58. The largest absolute Gasteiger partial charge is 0.480 e. The zero-order chi connectivity index (χ0) is 14.0. The van der Waals surface area contributed by atoms with Gasteiger partial charge in [-0.15, -0.1) is 5.10 Å². The van der Waals surface area contributed by atoms with E-state index in [-0.39, 0.29) is 19.0 Å². The number of carboxylic acid groups (broad SMARTS) is 1. The number of nitrogens with zero attached hydrogens (tertiary/aromatic N) is 3. The van der Waals surface area contributed by atoms with Crippen molar-refractivity contribution in [2.45, 2.75) is 13.5 Å². The highest BCUT2D eigenvalue weighted by atomic mass is 16.4. The molecule has 1 aromatic rings. The number of carboxylic acids is 1. The van der Waals surface area contributed by atoms with Gasteiger partial charge in [-0.1, -0.05) is 5.21 Å². The first kappa shape index (κ1) is 15.6. The lowest BCUT2D eigenvalue weighted by atomic mass is 10.5. The normalized spacial score (nSPS) is 8.78. The Morgan fingerprint density at radius 3 is 2.61 bits per heavy atom. The monoisotopic (exact) mass is 257 g/mol. The van der Waals surface area contributed by atoms with Gasteiger partial charge >= 0.3 is 5.97 Å². The predicted octanol–water partition coefficient (Wildman–Crippen LogP) is -1.85. The smallest absolute Gasteiger partial charge is 0.325 e. The molecule has 0 bridgehead atoms. The van der Waals surface area contributed by atoms with Crippen molar-refractivity contribution in [2.75, 3.05) is 13.6 Å². The van der Waals surface area contributed by atoms with Crippen molar-refractivity contribution < 1.29 is 19.5 Å². The maximum absolute atomic E-state index is 10.2. The van der Waals surface area contributed by atoms with Crippen LogP contribution in [-0.2, 0) is 20.9 Å². The number of nitrogens with one attached hydrogen (secondary N) is 2. The molecule has 1 aromatic heterocycles. The van der Waals surface area contributed by atoms with Gasteiger partial charge in [-0.2, -0.15) is 0 Å². The minimum atomic E-state index is -0.912. The van der Waals surface area contributed by atoms with E-state index >= 15 is 0 Å². The van der Waals surface area contributed by atoms with Crippen LogP contribution in [0.1, 0.15) is 5.69 Å². The highest BCUT2D eigenvalue weighted by Gasteiger charge is 1.99. The summed E-state index contributed by atoms with van der Waals surface area (Å²) >= 11 is 0. The molecule has 0 aliphatic carbocycles. The van der Waals surface area contributed by atoms with E-state index < -0.39 is 5.97 Å². The Labute approximate surface area is 103 Å². The number of aromatic nitrogens is 3. The van der Waals surface area contributed by atoms with Crippen molar-refractivity contribution in [2.24, 2.45) is 0 Å². The molecule has 0 aliphatic heterocycles. The number of hydrogen-bond donors (Lipinski definition) is 3. The maximum Gasteiger partial charge on any atom is 0.325 e. The van der Waals surface area contributed by atoms with Crippen LogP contribution in [0.2, 0.25) is 0 Å². The lowest BCUT2D eigenvalue weighted by Crippen LogP contribution is -2.30. The van der Waals surface area contributed by atoms with E-state index in [2.05, 4.69) is 20.9 Å². The summed E-state index contributed by atoms with van der Waals surface area (Å²) in [6.07, 6.45) is 2.06. The van der Waals surface area contributed by atoms with Crippen LogP contribution in [0.15, 0.2) is 6.20 Å². The summed E-state index contributed by atoms with van der Waals surface area (Å²) in [5.74, 6) is -1.11. The summed E-state index contributed by atoms with van der Waals surface area (Å²) in [5, 5.41) is 20.0. The molecule has 3 N–H and O–H groups in total. The van der Waals surface area contributed by atoms with Crippen LogP contribution in [0.3, 0.4) is 0 Å². The van der Waals surface area contributed by atoms with E-state index in [1.807, 2.05) is 0 Å². The SMILES string of the molecule is CNC(=O)CNC=O.Cc1cn(CC(=O)O)nn1. The van der Waals surface area contributed by atoms with Crippen LogP contribution >= 0.6 is 0 Å². The standard InChI is InChI=1S/C5H7N3O2.C4H8N2O2/c1-4-2-8(7-6-4)3-5(9)10;1-5-4(8)2-6-3-7/h2H,3H2,1H3,(H,9,10);3H,2H2,1H3,(H,5,8)(H,6,7). The quantitative estimate of drug-likeness (QED) is 0.531. The van der Waals surface area contributed by atoms with Crippen LogP contribution in [0.5, 0.6) is 0 Å². The molecule has 0 saturated carbocycles. The van der Waals surface area contributed by atoms with Crippen molar-refractivity contribution in [1.82, 2.24) is 25.6 Å². The Kier molecular flexibility index (Phi) is 7.49. The molecule has 9 nitrogen and oxygen atoms in total. The number of carbonyl (C=O) groups excluding carboxylic acids is 2. The second-order valence-corrected chi connectivity index (χ2v) is 3.12. The highest BCUT2D eigenvalue weighted by molar-refractivity contribution is 5.79. The van der Waals surface area contributed by atoms with Gasteiger partial charge in [-0.05, 0) is 6.92 Å². The van der Waals surface area contributed by atoms with Crippen LogP contribution in [-0.4, -0.2) is 52.0 Å². The van der Waals surface area contributed by atoms with Crippen LogP contribution in [0.4, 0.5) is 0 Å². The first-order valence-corrected chi connectivity index (χ1v) is 4.95. The first-order chi connectivity index (χ1) is 8.49. The van der Waals surface area contributed by atoms with Gasteiger partial charge in [0, 0.05) is 13.2 Å².